The summed E-state index contributed by atoms with van der Waals surface area (Å²) in [5.74, 6) is -1.08. The molecule has 6 heteroatoms. The van der Waals surface area contributed by atoms with E-state index in [2.05, 4.69) is 9.88 Å². The molecule has 0 bridgehead atoms. The number of hydrogen-bond acceptors (Lipinski definition) is 3. The number of halogens is 2. The first-order valence-electron chi connectivity index (χ1n) is 9.58. The molecular formula is C22H20ClFN2O2. The van der Waals surface area contributed by atoms with Crippen LogP contribution in [-0.4, -0.2) is 23.6 Å². The van der Waals surface area contributed by atoms with Gasteiger partial charge in [-0.15, -0.1) is 0 Å². The van der Waals surface area contributed by atoms with Gasteiger partial charge in [-0.1, -0.05) is 41.9 Å². The van der Waals surface area contributed by atoms with Gasteiger partial charge in [0.15, 0.2) is 0 Å². The van der Waals surface area contributed by atoms with Crippen LogP contribution in [0.15, 0.2) is 36.4 Å². The van der Waals surface area contributed by atoms with Gasteiger partial charge in [0.2, 0.25) is 0 Å². The lowest BCUT2D eigenvalue weighted by Gasteiger charge is -2.18. The van der Waals surface area contributed by atoms with Crippen LogP contribution in [0.3, 0.4) is 0 Å². The molecule has 4 nitrogen and oxygen atoms in total. The molecule has 0 fully saturated rings. The standard InChI is InChI=1S/C22H20ClFN2O2/c23-19-17(24)10-14-7-9-26-20(14)18(19)15-6-8-25-11-16(21(15)26)22(27)28-12-13-4-2-1-3-5-13/h1-5,10,16,25H,6-9,11-12H2. The van der Waals surface area contributed by atoms with Crippen LogP contribution < -0.4 is 5.32 Å². The Hall–Kier alpha value is -2.37. The van der Waals surface area contributed by atoms with Gasteiger partial charge in [-0.05, 0) is 42.1 Å². The van der Waals surface area contributed by atoms with E-state index in [0.29, 0.717) is 13.0 Å². The molecule has 1 atom stereocenters. The van der Waals surface area contributed by atoms with Crippen molar-refractivity contribution in [2.45, 2.75) is 31.9 Å². The van der Waals surface area contributed by atoms with Crippen LogP contribution in [0.5, 0.6) is 0 Å². The highest BCUT2D eigenvalue weighted by molar-refractivity contribution is 6.36. The predicted octanol–water partition coefficient (Wildman–Crippen LogP) is 3.96. The van der Waals surface area contributed by atoms with Crippen molar-refractivity contribution >= 4 is 28.5 Å². The van der Waals surface area contributed by atoms with E-state index < -0.39 is 5.92 Å². The Bertz CT molecular complexity index is 1080. The smallest absolute Gasteiger partial charge is 0.316 e. The van der Waals surface area contributed by atoms with Crippen LogP contribution in [0.4, 0.5) is 4.39 Å². The Morgan fingerprint density at radius 1 is 1.29 bits per heavy atom. The number of carbonyl (C=O) groups is 1. The van der Waals surface area contributed by atoms with Crippen LogP contribution >= 0.6 is 11.6 Å². The minimum atomic E-state index is -0.432. The Morgan fingerprint density at radius 3 is 2.93 bits per heavy atom. The van der Waals surface area contributed by atoms with E-state index in [1.54, 1.807) is 0 Å². The SMILES string of the molecule is O=C(OCc1ccccc1)C1CNCCc2c1n1c3c(cc(F)c(Cl)c23)CC1. The van der Waals surface area contributed by atoms with E-state index >= 15 is 0 Å². The van der Waals surface area contributed by atoms with E-state index in [9.17, 15) is 9.18 Å². The maximum Gasteiger partial charge on any atom is 0.316 e. The average molecular weight is 399 g/mol. The molecule has 144 valence electrons. The second kappa shape index (κ2) is 6.90. The predicted molar refractivity (Wildman–Crippen MR) is 106 cm³/mol. The van der Waals surface area contributed by atoms with Crippen molar-refractivity contribution in [3.8, 4) is 0 Å². The summed E-state index contributed by atoms with van der Waals surface area (Å²) in [6.07, 6.45) is 1.47. The third-order valence-electron chi connectivity index (χ3n) is 5.79. The number of fused-ring (bicyclic) bond motifs is 3. The van der Waals surface area contributed by atoms with Crippen molar-refractivity contribution in [2.24, 2.45) is 0 Å². The van der Waals surface area contributed by atoms with Crippen LogP contribution in [0.2, 0.25) is 5.02 Å². The van der Waals surface area contributed by atoms with Gasteiger partial charge in [-0.3, -0.25) is 4.79 Å². The molecule has 0 saturated heterocycles. The molecule has 1 aromatic heterocycles. The molecular weight excluding hydrogens is 379 g/mol. The number of hydrogen-bond donors (Lipinski definition) is 1. The molecule has 0 spiro atoms. The second-order valence-electron chi connectivity index (χ2n) is 7.42. The van der Waals surface area contributed by atoms with Crippen LogP contribution in [-0.2, 0) is 35.5 Å². The molecule has 1 N–H and O–H groups in total. The van der Waals surface area contributed by atoms with E-state index in [1.165, 1.54) is 6.07 Å². The molecule has 5 rings (SSSR count). The molecule has 0 aliphatic carbocycles. The molecule has 0 amide bonds. The summed E-state index contributed by atoms with van der Waals surface area (Å²) >= 11 is 6.37. The highest BCUT2D eigenvalue weighted by atomic mass is 35.5. The van der Waals surface area contributed by atoms with Crippen molar-refractivity contribution in [3.05, 3.63) is 69.6 Å². The van der Waals surface area contributed by atoms with Gasteiger partial charge in [0, 0.05) is 24.2 Å². The summed E-state index contributed by atoms with van der Waals surface area (Å²) in [6.45, 7) is 2.21. The summed E-state index contributed by atoms with van der Waals surface area (Å²) in [4.78, 5) is 13.0. The Morgan fingerprint density at radius 2 is 2.11 bits per heavy atom. The number of nitrogens with one attached hydrogen (secondary N) is 1. The Kier molecular flexibility index (Phi) is 4.37. The van der Waals surface area contributed by atoms with Crippen molar-refractivity contribution in [2.75, 3.05) is 13.1 Å². The fourth-order valence-corrected chi connectivity index (χ4v) is 4.81. The third-order valence-corrected chi connectivity index (χ3v) is 6.16. The van der Waals surface area contributed by atoms with Gasteiger partial charge in [-0.2, -0.15) is 0 Å². The lowest BCUT2D eigenvalue weighted by atomic mass is 9.98. The molecule has 2 aromatic carbocycles. The highest BCUT2D eigenvalue weighted by Gasteiger charge is 2.35. The van der Waals surface area contributed by atoms with Gasteiger partial charge < -0.3 is 14.6 Å². The third kappa shape index (κ3) is 2.73. The first-order valence-corrected chi connectivity index (χ1v) is 9.96. The number of aromatic nitrogens is 1. The minimum Gasteiger partial charge on any atom is -0.460 e. The van der Waals surface area contributed by atoms with Gasteiger partial charge in [-0.25, -0.2) is 4.39 Å². The quantitative estimate of drug-likeness (QED) is 0.679. The molecule has 28 heavy (non-hydrogen) atoms. The molecule has 3 aromatic rings. The molecule has 0 radical (unpaired) electrons. The maximum atomic E-state index is 14.4. The first-order chi connectivity index (χ1) is 13.6. The number of rotatable bonds is 3. The lowest BCUT2D eigenvalue weighted by Crippen LogP contribution is -2.28. The summed E-state index contributed by atoms with van der Waals surface area (Å²) in [5, 5.41) is 4.26. The van der Waals surface area contributed by atoms with Crippen molar-refractivity contribution < 1.29 is 13.9 Å². The zero-order valence-electron chi connectivity index (χ0n) is 15.3. The molecule has 2 aliphatic rings. The lowest BCUT2D eigenvalue weighted by molar-refractivity contribution is -0.146. The summed E-state index contributed by atoms with van der Waals surface area (Å²) in [5.41, 5.74) is 4.82. The van der Waals surface area contributed by atoms with Crippen molar-refractivity contribution in [1.29, 1.82) is 0 Å². The highest BCUT2D eigenvalue weighted by Crippen LogP contribution is 2.42. The van der Waals surface area contributed by atoms with E-state index in [4.69, 9.17) is 16.3 Å². The Balaban J connectivity index is 1.56. The maximum absolute atomic E-state index is 14.4. The van der Waals surface area contributed by atoms with Crippen LogP contribution in [0.1, 0.15) is 28.3 Å². The van der Waals surface area contributed by atoms with E-state index in [1.807, 2.05) is 30.3 Å². The monoisotopic (exact) mass is 398 g/mol. The van der Waals surface area contributed by atoms with Gasteiger partial charge in [0.1, 0.15) is 18.3 Å². The molecule has 3 heterocycles. The Labute approximate surface area is 167 Å². The normalized spacial score (nSPS) is 18.1. The number of esters is 1. The summed E-state index contributed by atoms with van der Waals surface area (Å²) < 4.78 is 22.2. The molecule has 2 aliphatic heterocycles. The van der Waals surface area contributed by atoms with Crippen molar-refractivity contribution in [1.82, 2.24) is 9.88 Å². The first kappa shape index (κ1) is 17.7. The van der Waals surface area contributed by atoms with Crippen LogP contribution in [0.25, 0.3) is 10.9 Å². The molecule has 0 saturated carbocycles. The zero-order chi connectivity index (χ0) is 19.3. The topological polar surface area (TPSA) is 43.3 Å². The van der Waals surface area contributed by atoms with E-state index in [-0.39, 0.29) is 23.4 Å². The minimum absolute atomic E-state index is 0.161. The average Bonchev–Trinajstić information content (AvgIpc) is 3.17. The largest absolute Gasteiger partial charge is 0.460 e. The van der Waals surface area contributed by atoms with Crippen molar-refractivity contribution in [3.63, 3.8) is 0 Å². The summed E-state index contributed by atoms with van der Waals surface area (Å²) in [7, 11) is 0. The number of nitrogens with zero attached hydrogens (tertiary/aromatic N) is 1. The zero-order valence-corrected chi connectivity index (χ0v) is 16.1. The second-order valence-corrected chi connectivity index (χ2v) is 7.80. The van der Waals surface area contributed by atoms with Gasteiger partial charge >= 0.3 is 5.97 Å². The number of aryl methyl sites for hydroxylation is 2. The number of benzene rings is 2. The van der Waals surface area contributed by atoms with Gasteiger partial charge in [0.25, 0.3) is 0 Å². The van der Waals surface area contributed by atoms with Crippen LogP contribution in [0, 0.1) is 5.82 Å². The number of ether oxygens (including phenoxy) is 1. The fourth-order valence-electron chi connectivity index (χ4n) is 4.55. The molecule has 1 unspecified atom stereocenters. The summed E-state index contributed by atoms with van der Waals surface area (Å²) in [6, 6.07) is 11.2. The number of carbonyl (C=O) groups excluding carboxylic acids is 1. The van der Waals surface area contributed by atoms with E-state index in [0.717, 1.165) is 52.8 Å². The fraction of sp³-hybridized carbons (Fsp3) is 0.318. The van der Waals surface area contributed by atoms with Gasteiger partial charge in [0.05, 0.1) is 10.5 Å².